The number of hydrogen-bond donors (Lipinski definition) is 0. The van der Waals surface area contributed by atoms with Gasteiger partial charge < -0.3 is 9.64 Å². The first-order chi connectivity index (χ1) is 7.65. The lowest BCUT2D eigenvalue weighted by atomic mass is 10.2. The van der Waals surface area contributed by atoms with E-state index in [1.165, 1.54) is 0 Å². The van der Waals surface area contributed by atoms with E-state index < -0.39 is 0 Å². The first kappa shape index (κ1) is 13.2. The minimum Gasteiger partial charge on any atom is -0.379 e. The van der Waals surface area contributed by atoms with Crippen molar-refractivity contribution in [3.8, 4) is 0 Å². The van der Waals surface area contributed by atoms with Gasteiger partial charge in [0, 0.05) is 38.8 Å². The largest absolute Gasteiger partial charge is 0.379 e. The van der Waals surface area contributed by atoms with Crippen molar-refractivity contribution in [3.05, 3.63) is 11.6 Å². The fourth-order valence-corrected chi connectivity index (χ4v) is 1.64. The Bertz CT molecular complexity index is 258. The zero-order chi connectivity index (χ0) is 12.0. The van der Waals surface area contributed by atoms with E-state index in [1.54, 1.807) is 4.90 Å². The van der Waals surface area contributed by atoms with Gasteiger partial charge in [0.25, 0.3) is 0 Å². The molecule has 0 saturated carbocycles. The Balaban J connectivity index is 2.28. The lowest BCUT2D eigenvalue weighted by molar-refractivity contribution is -0.126. The van der Waals surface area contributed by atoms with Gasteiger partial charge in [-0.3, -0.25) is 9.69 Å². The topological polar surface area (TPSA) is 32.8 Å². The number of nitrogens with zero attached hydrogens (tertiary/aromatic N) is 2. The van der Waals surface area contributed by atoms with Gasteiger partial charge in [0.15, 0.2) is 0 Å². The maximum Gasteiger partial charge on any atom is 0.248 e. The van der Waals surface area contributed by atoms with Crippen LogP contribution < -0.4 is 0 Å². The quantitative estimate of drug-likeness (QED) is 0.663. The molecule has 1 aliphatic rings. The molecule has 1 heterocycles. The highest BCUT2D eigenvalue weighted by Gasteiger charge is 2.13. The fourth-order valence-electron chi connectivity index (χ4n) is 1.64. The number of rotatable bonds is 4. The SMILES string of the molecule is C/C=C(\C)C(=O)N(C)CCN1CCOCC1. The number of likely N-dealkylation sites (N-methyl/N-ethyl adjacent to an activating group) is 1. The van der Waals surface area contributed by atoms with Gasteiger partial charge >= 0.3 is 0 Å². The van der Waals surface area contributed by atoms with Gasteiger partial charge in [0.05, 0.1) is 13.2 Å². The number of ether oxygens (including phenoxy) is 1. The predicted molar refractivity (Wildman–Crippen MR) is 64.3 cm³/mol. The van der Waals surface area contributed by atoms with Gasteiger partial charge in [-0.15, -0.1) is 0 Å². The molecule has 1 fully saturated rings. The molecule has 4 heteroatoms. The maximum absolute atomic E-state index is 11.8. The summed E-state index contributed by atoms with van der Waals surface area (Å²) < 4.78 is 5.28. The van der Waals surface area contributed by atoms with Crippen molar-refractivity contribution in [2.45, 2.75) is 13.8 Å². The van der Waals surface area contributed by atoms with Crippen LogP contribution in [-0.4, -0.2) is 62.1 Å². The molecule has 0 aromatic heterocycles. The molecule has 0 spiro atoms. The van der Waals surface area contributed by atoms with Crippen LogP contribution in [0.15, 0.2) is 11.6 Å². The standard InChI is InChI=1S/C12H22N2O2/c1-4-11(2)12(15)13(3)5-6-14-7-9-16-10-8-14/h4H,5-10H2,1-3H3/b11-4+. The van der Waals surface area contributed by atoms with Crippen molar-refractivity contribution in [2.24, 2.45) is 0 Å². The van der Waals surface area contributed by atoms with Gasteiger partial charge in [0.1, 0.15) is 0 Å². The number of allylic oxidation sites excluding steroid dienone is 1. The highest BCUT2D eigenvalue weighted by Crippen LogP contribution is 2.01. The zero-order valence-electron chi connectivity index (χ0n) is 10.5. The van der Waals surface area contributed by atoms with Crippen LogP contribution >= 0.6 is 0 Å². The molecule has 0 aromatic rings. The van der Waals surface area contributed by atoms with Crippen molar-refractivity contribution in [1.82, 2.24) is 9.80 Å². The van der Waals surface area contributed by atoms with E-state index in [2.05, 4.69) is 4.90 Å². The lowest BCUT2D eigenvalue weighted by Gasteiger charge is -2.28. The van der Waals surface area contributed by atoms with E-state index in [4.69, 9.17) is 4.74 Å². The second kappa shape index (κ2) is 6.66. The Morgan fingerprint density at radius 1 is 1.44 bits per heavy atom. The molecule has 1 rings (SSSR count). The lowest BCUT2D eigenvalue weighted by Crippen LogP contribution is -2.42. The van der Waals surface area contributed by atoms with Crippen LogP contribution in [0.3, 0.4) is 0 Å². The van der Waals surface area contributed by atoms with E-state index in [0.717, 1.165) is 45.0 Å². The molecular weight excluding hydrogens is 204 g/mol. The zero-order valence-corrected chi connectivity index (χ0v) is 10.5. The van der Waals surface area contributed by atoms with E-state index >= 15 is 0 Å². The molecule has 0 radical (unpaired) electrons. The normalized spacial score (nSPS) is 18.6. The van der Waals surface area contributed by atoms with Crippen molar-refractivity contribution < 1.29 is 9.53 Å². The Hall–Kier alpha value is -0.870. The maximum atomic E-state index is 11.8. The molecule has 0 aliphatic carbocycles. The summed E-state index contributed by atoms with van der Waals surface area (Å²) in [7, 11) is 1.86. The third kappa shape index (κ3) is 3.94. The van der Waals surface area contributed by atoms with E-state index in [1.807, 2.05) is 27.0 Å². The summed E-state index contributed by atoms with van der Waals surface area (Å²) in [5, 5.41) is 0. The summed E-state index contributed by atoms with van der Waals surface area (Å²) in [6.07, 6.45) is 1.85. The number of carbonyl (C=O) groups is 1. The average molecular weight is 226 g/mol. The summed E-state index contributed by atoms with van der Waals surface area (Å²) in [4.78, 5) is 15.9. The molecule has 92 valence electrons. The van der Waals surface area contributed by atoms with Gasteiger partial charge in [-0.2, -0.15) is 0 Å². The molecule has 1 saturated heterocycles. The van der Waals surface area contributed by atoms with Crippen LogP contribution in [-0.2, 0) is 9.53 Å². The summed E-state index contributed by atoms with van der Waals surface area (Å²) >= 11 is 0. The summed E-state index contributed by atoms with van der Waals surface area (Å²) in [6, 6.07) is 0. The van der Waals surface area contributed by atoms with Gasteiger partial charge in [0.2, 0.25) is 5.91 Å². The molecule has 4 nitrogen and oxygen atoms in total. The van der Waals surface area contributed by atoms with E-state index in [9.17, 15) is 4.79 Å². The van der Waals surface area contributed by atoms with E-state index in [-0.39, 0.29) is 5.91 Å². The average Bonchev–Trinajstić information content (AvgIpc) is 2.35. The molecule has 0 N–H and O–H groups in total. The van der Waals surface area contributed by atoms with E-state index in [0.29, 0.717) is 0 Å². The Kier molecular flexibility index (Phi) is 5.49. The Morgan fingerprint density at radius 3 is 2.62 bits per heavy atom. The van der Waals surface area contributed by atoms with Gasteiger partial charge in [-0.05, 0) is 13.8 Å². The molecule has 0 aromatic carbocycles. The molecule has 16 heavy (non-hydrogen) atoms. The fraction of sp³-hybridized carbons (Fsp3) is 0.750. The Morgan fingerprint density at radius 2 is 2.06 bits per heavy atom. The summed E-state index contributed by atoms with van der Waals surface area (Å²) in [5.74, 6) is 0.121. The number of morpholine rings is 1. The second-order valence-corrected chi connectivity index (χ2v) is 4.15. The highest BCUT2D eigenvalue weighted by atomic mass is 16.5. The molecule has 0 atom stereocenters. The Labute approximate surface area is 97.9 Å². The van der Waals surface area contributed by atoms with Crippen LogP contribution in [0.25, 0.3) is 0 Å². The molecular formula is C12H22N2O2. The van der Waals surface area contributed by atoms with Gasteiger partial charge in [-0.1, -0.05) is 6.08 Å². The first-order valence-corrected chi connectivity index (χ1v) is 5.83. The van der Waals surface area contributed by atoms with Crippen LogP contribution in [0, 0.1) is 0 Å². The monoisotopic (exact) mass is 226 g/mol. The minimum absolute atomic E-state index is 0.121. The first-order valence-electron chi connectivity index (χ1n) is 5.83. The van der Waals surface area contributed by atoms with Crippen molar-refractivity contribution >= 4 is 5.91 Å². The van der Waals surface area contributed by atoms with Crippen molar-refractivity contribution in [1.29, 1.82) is 0 Å². The molecule has 0 bridgehead atoms. The van der Waals surface area contributed by atoms with Crippen LogP contribution in [0.5, 0.6) is 0 Å². The third-order valence-electron chi connectivity index (χ3n) is 2.97. The summed E-state index contributed by atoms with van der Waals surface area (Å²) in [6.45, 7) is 9.04. The number of amides is 1. The highest BCUT2D eigenvalue weighted by molar-refractivity contribution is 5.92. The van der Waals surface area contributed by atoms with Gasteiger partial charge in [-0.25, -0.2) is 0 Å². The minimum atomic E-state index is 0.121. The number of carbonyl (C=O) groups excluding carboxylic acids is 1. The van der Waals surface area contributed by atoms with Crippen LogP contribution in [0.1, 0.15) is 13.8 Å². The predicted octanol–water partition coefficient (Wildman–Crippen LogP) is 0.743. The third-order valence-corrected chi connectivity index (χ3v) is 2.97. The molecule has 1 aliphatic heterocycles. The molecule has 1 amide bonds. The summed E-state index contributed by atoms with van der Waals surface area (Å²) in [5.41, 5.74) is 0.810. The molecule has 0 unspecified atom stereocenters. The second-order valence-electron chi connectivity index (χ2n) is 4.15. The number of hydrogen-bond acceptors (Lipinski definition) is 3. The van der Waals surface area contributed by atoms with Crippen LogP contribution in [0.4, 0.5) is 0 Å². The van der Waals surface area contributed by atoms with Crippen molar-refractivity contribution in [2.75, 3.05) is 46.4 Å². The van der Waals surface area contributed by atoms with Crippen LogP contribution in [0.2, 0.25) is 0 Å². The smallest absolute Gasteiger partial charge is 0.248 e. The van der Waals surface area contributed by atoms with Crippen molar-refractivity contribution in [3.63, 3.8) is 0 Å².